The monoisotopic (exact) mass is 408 g/mol. The number of hydrogen-bond donors (Lipinski definition) is 3. The lowest BCUT2D eigenvalue weighted by atomic mass is 10.0. The molecule has 7 heteroatoms. The second-order valence-electron chi connectivity index (χ2n) is 6.63. The highest BCUT2D eigenvalue weighted by Crippen LogP contribution is 2.24. The van der Waals surface area contributed by atoms with Gasteiger partial charge in [0.15, 0.2) is 0 Å². The van der Waals surface area contributed by atoms with Crippen molar-refractivity contribution in [2.24, 2.45) is 0 Å². The van der Waals surface area contributed by atoms with Gasteiger partial charge in [-0.3, -0.25) is 4.90 Å². The molecule has 2 rings (SSSR count). The Morgan fingerprint density at radius 1 is 1.18 bits per heavy atom. The van der Waals surface area contributed by atoms with Crippen LogP contribution in [-0.4, -0.2) is 59.0 Å². The predicted molar refractivity (Wildman–Crippen MR) is 114 cm³/mol. The fourth-order valence-corrected chi connectivity index (χ4v) is 3.73. The van der Waals surface area contributed by atoms with E-state index in [2.05, 4.69) is 47.7 Å². The first-order valence-electron chi connectivity index (χ1n) is 9.68. The third-order valence-electron chi connectivity index (χ3n) is 4.56. The Balaban J connectivity index is 0.000000416. The van der Waals surface area contributed by atoms with Gasteiger partial charge in [-0.2, -0.15) is 0 Å². The van der Waals surface area contributed by atoms with Crippen LogP contribution >= 0.6 is 11.8 Å². The lowest BCUT2D eigenvalue weighted by Gasteiger charge is -2.35. The number of carboxylic acid groups (broad SMARTS) is 2. The van der Waals surface area contributed by atoms with Crippen LogP contribution in [0.25, 0.3) is 0 Å². The van der Waals surface area contributed by atoms with Crippen molar-refractivity contribution in [3.8, 4) is 0 Å². The lowest BCUT2D eigenvalue weighted by Crippen LogP contribution is -2.43. The molecule has 1 aliphatic rings. The zero-order valence-electron chi connectivity index (χ0n) is 16.8. The summed E-state index contributed by atoms with van der Waals surface area (Å²) in [6.45, 7) is 7.00. The number of piperidine rings is 1. The molecule has 0 aromatic heterocycles. The zero-order chi connectivity index (χ0) is 20.8. The first kappa shape index (κ1) is 24.2. The molecule has 156 valence electrons. The van der Waals surface area contributed by atoms with Gasteiger partial charge in [0.1, 0.15) is 0 Å². The van der Waals surface area contributed by atoms with Crippen LogP contribution in [0.15, 0.2) is 41.3 Å². The molecule has 0 amide bonds. The average molecular weight is 409 g/mol. The molecule has 0 radical (unpaired) electrons. The third kappa shape index (κ3) is 9.92. The quantitative estimate of drug-likeness (QED) is 0.426. The van der Waals surface area contributed by atoms with Crippen molar-refractivity contribution in [3.63, 3.8) is 0 Å². The second-order valence-corrected chi connectivity index (χ2v) is 7.47. The predicted octanol–water partition coefficient (Wildman–Crippen LogP) is 3.47. The molecule has 1 aromatic rings. The first-order chi connectivity index (χ1) is 13.5. The number of unbranched alkanes of at least 4 members (excludes halogenated alkanes) is 1. The number of nitrogens with one attached hydrogen (secondary N) is 1. The molecule has 0 bridgehead atoms. The minimum absolute atomic E-state index is 0.558. The number of nitrogens with zero attached hydrogens (tertiary/aromatic N) is 1. The maximum absolute atomic E-state index is 9.55. The van der Waals surface area contributed by atoms with Crippen molar-refractivity contribution in [3.05, 3.63) is 42.0 Å². The van der Waals surface area contributed by atoms with Gasteiger partial charge in [0, 0.05) is 29.6 Å². The van der Waals surface area contributed by atoms with Crippen molar-refractivity contribution < 1.29 is 19.8 Å². The Morgan fingerprint density at radius 3 is 2.32 bits per heavy atom. The van der Waals surface area contributed by atoms with Crippen LogP contribution in [0.4, 0.5) is 0 Å². The van der Waals surface area contributed by atoms with E-state index in [9.17, 15) is 9.59 Å². The number of benzene rings is 1. The summed E-state index contributed by atoms with van der Waals surface area (Å²) in [4.78, 5) is 23.3. The van der Waals surface area contributed by atoms with Crippen LogP contribution in [0.3, 0.4) is 0 Å². The molecule has 0 spiro atoms. The van der Waals surface area contributed by atoms with Gasteiger partial charge in [0.25, 0.3) is 0 Å². The fraction of sp³-hybridized carbons (Fsp3) is 0.524. The molecular formula is C21H32N2O4S. The molecular weight excluding hydrogens is 376 g/mol. The van der Waals surface area contributed by atoms with Crippen LogP contribution in [0.5, 0.6) is 0 Å². The van der Waals surface area contributed by atoms with Crippen LogP contribution in [0, 0.1) is 0 Å². The number of hydrogen-bond acceptors (Lipinski definition) is 5. The highest BCUT2D eigenvalue weighted by molar-refractivity contribution is 7.98. The smallest absolute Gasteiger partial charge is 0.328 e. The summed E-state index contributed by atoms with van der Waals surface area (Å²) in [5.74, 6) is -2.51. The van der Waals surface area contributed by atoms with E-state index in [-0.39, 0.29) is 0 Å². The maximum Gasteiger partial charge on any atom is 0.328 e. The molecule has 3 N–H and O–H groups in total. The van der Waals surface area contributed by atoms with Gasteiger partial charge in [0.05, 0.1) is 0 Å². The van der Waals surface area contributed by atoms with Gasteiger partial charge in [-0.15, -0.1) is 11.8 Å². The molecule has 1 saturated heterocycles. The van der Waals surface area contributed by atoms with Gasteiger partial charge >= 0.3 is 11.9 Å². The van der Waals surface area contributed by atoms with Gasteiger partial charge in [0.2, 0.25) is 0 Å². The highest BCUT2D eigenvalue weighted by Gasteiger charge is 2.21. The summed E-state index contributed by atoms with van der Waals surface area (Å²) < 4.78 is 0. The van der Waals surface area contributed by atoms with E-state index in [1.807, 2.05) is 11.8 Å². The normalized spacial score (nSPS) is 14.7. The molecule has 28 heavy (non-hydrogen) atoms. The molecule has 1 aromatic carbocycles. The van der Waals surface area contributed by atoms with Crippen molar-refractivity contribution in [1.29, 1.82) is 0 Å². The van der Waals surface area contributed by atoms with Gasteiger partial charge in [-0.05, 0) is 56.8 Å². The number of thioether (sulfide) groups is 1. The summed E-state index contributed by atoms with van der Waals surface area (Å²) in [6, 6.07) is 9.63. The van der Waals surface area contributed by atoms with Crippen molar-refractivity contribution >= 4 is 23.7 Å². The summed E-state index contributed by atoms with van der Waals surface area (Å²) in [5.41, 5.74) is 1.50. The number of carboxylic acids is 2. The summed E-state index contributed by atoms with van der Waals surface area (Å²) in [7, 11) is 0. The van der Waals surface area contributed by atoms with Crippen LogP contribution in [-0.2, 0) is 16.1 Å². The second kappa shape index (κ2) is 14.2. The van der Waals surface area contributed by atoms with E-state index >= 15 is 0 Å². The first-order valence-corrected chi connectivity index (χ1v) is 10.9. The van der Waals surface area contributed by atoms with E-state index in [1.165, 1.54) is 55.8 Å². The van der Waals surface area contributed by atoms with Crippen LogP contribution < -0.4 is 5.32 Å². The molecule has 6 nitrogen and oxygen atoms in total. The average Bonchev–Trinajstić information content (AvgIpc) is 2.71. The zero-order valence-corrected chi connectivity index (χ0v) is 17.6. The molecule has 0 atom stereocenters. The van der Waals surface area contributed by atoms with Crippen molar-refractivity contribution in [1.82, 2.24) is 10.2 Å². The standard InChI is InChI=1S/C17H28N2S.C4H4O4/c1-3-4-13-19(16-9-11-18-12-10-16)14-15-7-5-6-8-17(15)20-2;5-3(6)1-2-4(7)8/h5-8,16,18H,3-4,9-14H2,1-2H3;1-2H,(H,5,6)(H,7,8)/b;2-1+. The summed E-state index contributed by atoms with van der Waals surface area (Å²) in [6.07, 6.45) is 8.48. The molecule has 1 aliphatic heterocycles. The van der Waals surface area contributed by atoms with Crippen molar-refractivity contribution in [2.45, 2.75) is 50.1 Å². The number of carbonyl (C=O) groups is 2. The molecule has 0 aliphatic carbocycles. The molecule has 1 fully saturated rings. The Kier molecular flexibility index (Phi) is 12.3. The molecule has 0 saturated carbocycles. The maximum atomic E-state index is 9.55. The van der Waals surface area contributed by atoms with Gasteiger partial charge in [-0.1, -0.05) is 31.5 Å². The Bertz CT molecular complexity index is 615. The van der Waals surface area contributed by atoms with Crippen LogP contribution in [0.1, 0.15) is 38.2 Å². The van der Waals surface area contributed by atoms with E-state index < -0.39 is 11.9 Å². The van der Waals surface area contributed by atoms with E-state index in [0.29, 0.717) is 12.2 Å². The van der Waals surface area contributed by atoms with E-state index in [4.69, 9.17) is 10.2 Å². The summed E-state index contributed by atoms with van der Waals surface area (Å²) >= 11 is 1.87. The SMILES string of the molecule is CCCCN(Cc1ccccc1SC)C1CCNCC1.O=C(O)/C=C/C(=O)O. The highest BCUT2D eigenvalue weighted by atomic mass is 32.2. The Hall–Kier alpha value is -1.83. The number of rotatable bonds is 9. The minimum atomic E-state index is -1.26. The van der Waals surface area contributed by atoms with Crippen LogP contribution in [0.2, 0.25) is 0 Å². The molecule has 1 heterocycles. The van der Waals surface area contributed by atoms with Gasteiger partial charge < -0.3 is 15.5 Å². The lowest BCUT2D eigenvalue weighted by molar-refractivity contribution is -0.134. The number of aliphatic carboxylic acids is 2. The van der Waals surface area contributed by atoms with E-state index in [0.717, 1.165) is 12.6 Å². The van der Waals surface area contributed by atoms with Gasteiger partial charge in [-0.25, -0.2) is 9.59 Å². The Morgan fingerprint density at radius 2 is 1.79 bits per heavy atom. The minimum Gasteiger partial charge on any atom is -0.478 e. The molecule has 0 unspecified atom stereocenters. The fourth-order valence-electron chi connectivity index (χ4n) is 3.12. The topological polar surface area (TPSA) is 89.9 Å². The third-order valence-corrected chi connectivity index (χ3v) is 5.40. The van der Waals surface area contributed by atoms with Crippen molar-refractivity contribution in [2.75, 3.05) is 25.9 Å². The Labute approximate surface area is 172 Å². The van der Waals surface area contributed by atoms with E-state index in [1.54, 1.807) is 0 Å². The largest absolute Gasteiger partial charge is 0.478 e. The summed E-state index contributed by atoms with van der Waals surface area (Å²) in [5, 5.41) is 19.1.